The lowest BCUT2D eigenvalue weighted by molar-refractivity contribution is 0.437. The number of nitrogens with zero attached hydrogens (tertiary/aromatic N) is 2. The average Bonchev–Trinajstić information content (AvgIpc) is 2.59. The zero-order chi connectivity index (χ0) is 16.7. The first kappa shape index (κ1) is 17.2. The minimum atomic E-state index is 0.558. The molecule has 1 N–H and O–H groups in total. The van der Waals surface area contributed by atoms with Gasteiger partial charge in [-0.2, -0.15) is 5.10 Å². The van der Waals surface area contributed by atoms with Crippen LogP contribution in [0.1, 0.15) is 16.7 Å². The van der Waals surface area contributed by atoms with Crippen LogP contribution in [0.2, 0.25) is 5.02 Å². The summed E-state index contributed by atoms with van der Waals surface area (Å²) in [7, 11) is 1.79. The Kier molecular flexibility index (Phi) is 6.32. The van der Waals surface area contributed by atoms with Crippen LogP contribution in [0.15, 0.2) is 60.2 Å². The van der Waals surface area contributed by atoms with Gasteiger partial charge in [-0.1, -0.05) is 60.7 Å². The van der Waals surface area contributed by atoms with Crippen molar-refractivity contribution in [3.63, 3.8) is 0 Å². The molecule has 23 heavy (non-hydrogen) atoms. The van der Waals surface area contributed by atoms with Gasteiger partial charge in [-0.05, 0) is 41.0 Å². The van der Waals surface area contributed by atoms with E-state index in [-0.39, 0.29) is 0 Å². The predicted octanol–water partition coefficient (Wildman–Crippen LogP) is 4.32. The molecule has 0 bridgehead atoms. The molecule has 0 amide bonds. The normalized spacial score (nSPS) is 10.5. The molecule has 0 saturated heterocycles. The molecule has 0 aromatic heterocycles. The maximum atomic E-state index is 5.89. The van der Waals surface area contributed by atoms with Gasteiger partial charge in [0.2, 0.25) is 0 Å². The number of hydrogen-bond acceptors (Lipinski definition) is 2. The lowest BCUT2D eigenvalue weighted by Gasteiger charge is -2.19. The molecule has 3 nitrogen and oxygen atoms in total. The van der Waals surface area contributed by atoms with E-state index in [1.54, 1.807) is 18.3 Å². The second-order valence-electron chi connectivity index (χ2n) is 4.85. The highest BCUT2D eigenvalue weighted by Crippen LogP contribution is 2.11. The Bertz CT molecular complexity index is 693. The van der Waals surface area contributed by atoms with Crippen LogP contribution in [-0.4, -0.2) is 23.4 Å². The Morgan fingerprint density at radius 2 is 1.78 bits per heavy atom. The third-order valence-electron chi connectivity index (χ3n) is 3.21. The third kappa shape index (κ3) is 5.20. The molecule has 0 radical (unpaired) electrons. The molecule has 0 saturated carbocycles. The summed E-state index contributed by atoms with van der Waals surface area (Å²) in [6, 6.07) is 15.6. The van der Waals surface area contributed by atoms with Crippen molar-refractivity contribution in [2.45, 2.75) is 6.54 Å². The van der Waals surface area contributed by atoms with Gasteiger partial charge >= 0.3 is 0 Å². The highest BCUT2D eigenvalue weighted by atomic mass is 35.5. The largest absolute Gasteiger partial charge is 0.364 e. The fraction of sp³-hybridized carbons (Fsp3) is 0.111. The predicted molar refractivity (Wildman–Crippen MR) is 103 cm³/mol. The number of halogens is 1. The Balaban J connectivity index is 2.14. The fourth-order valence-corrected chi connectivity index (χ4v) is 2.15. The van der Waals surface area contributed by atoms with E-state index < -0.39 is 0 Å². The molecule has 2 aromatic carbocycles. The molecule has 0 fully saturated rings. The van der Waals surface area contributed by atoms with E-state index in [9.17, 15) is 0 Å². The number of thiocarbonyl (C=S) groups is 1. The minimum Gasteiger partial charge on any atom is -0.364 e. The first-order valence-corrected chi connectivity index (χ1v) is 7.91. The number of nitrogens with one attached hydrogen (secondary N) is 1. The van der Waals surface area contributed by atoms with Gasteiger partial charge in [-0.25, -0.2) is 5.01 Å². The molecule has 2 aromatic rings. The van der Waals surface area contributed by atoms with Crippen molar-refractivity contribution in [2.24, 2.45) is 5.10 Å². The van der Waals surface area contributed by atoms with Crippen LogP contribution >= 0.6 is 23.8 Å². The van der Waals surface area contributed by atoms with E-state index in [1.807, 2.05) is 54.6 Å². The molecule has 0 aliphatic rings. The van der Waals surface area contributed by atoms with E-state index in [2.05, 4.69) is 17.0 Å². The average molecular weight is 344 g/mol. The van der Waals surface area contributed by atoms with E-state index in [0.717, 1.165) is 16.7 Å². The third-order valence-corrected chi connectivity index (χ3v) is 3.88. The van der Waals surface area contributed by atoms with Crippen LogP contribution in [0.25, 0.3) is 6.08 Å². The van der Waals surface area contributed by atoms with Gasteiger partial charge in [0.15, 0.2) is 5.11 Å². The molecule has 0 atom stereocenters. The number of benzene rings is 2. The number of rotatable bonds is 5. The van der Waals surface area contributed by atoms with Gasteiger partial charge < -0.3 is 5.32 Å². The summed E-state index contributed by atoms with van der Waals surface area (Å²) >= 11 is 11.2. The SMILES string of the molecule is C=Cc1ccc(CN(N=Cc2ccc(Cl)cc2)C(=S)NC)cc1. The van der Waals surface area contributed by atoms with E-state index in [4.69, 9.17) is 23.8 Å². The van der Waals surface area contributed by atoms with Crippen LogP contribution in [0.5, 0.6) is 0 Å². The summed E-state index contributed by atoms with van der Waals surface area (Å²) in [6.07, 6.45) is 3.58. The van der Waals surface area contributed by atoms with Crippen molar-refractivity contribution >= 4 is 41.2 Å². The van der Waals surface area contributed by atoms with Crippen LogP contribution in [0, 0.1) is 0 Å². The van der Waals surface area contributed by atoms with E-state index >= 15 is 0 Å². The number of hydrogen-bond donors (Lipinski definition) is 1. The van der Waals surface area contributed by atoms with E-state index in [0.29, 0.717) is 16.7 Å². The topological polar surface area (TPSA) is 27.6 Å². The van der Waals surface area contributed by atoms with Gasteiger partial charge in [0.1, 0.15) is 0 Å². The van der Waals surface area contributed by atoms with Crippen molar-refractivity contribution in [3.05, 3.63) is 76.8 Å². The summed E-state index contributed by atoms with van der Waals surface area (Å²) in [4.78, 5) is 0. The minimum absolute atomic E-state index is 0.558. The van der Waals surface area contributed by atoms with Gasteiger partial charge in [0, 0.05) is 12.1 Å². The molecule has 0 spiro atoms. The first-order chi connectivity index (χ1) is 11.1. The first-order valence-electron chi connectivity index (χ1n) is 7.12. The summed E-state index contributed by atoms with van der Waals surface area (Å²) in [6.45, 7) is 4.34. The maximum Gasteiger partial charge on any atom is 0.189 e. The van der Waals surface area contributed by atoms with Crippen molar-refractivity contribution in [2.75, 3.05) is 7.05 Å². The lowest BCUT2D eigenvalue weighted by atomic mass is 10.1. The van der Waals surface area contributed by atoms with Gasteiger partial charge in [0.05, 0.1) is 12.8 Å². The smallest absolute Gasteiger partial charge is 0.189 e. The second kappa shape index (κ2) is 8.46. The highest BCUT2D eigenvalue weighted by molar-refractivity contribution is 7.80. The molecule has 5 heteroatoms. The maximum absolute atomic E-state index is 5.89. The summed E-state index contributed by atoms with van der Waals surface area (Å²) < 4.78 is 0. The Morgan fingerprint density at radius 1 is 1.17 bits per heavy atom. The Hall–Kier alpha value is -2.17. The zero-order valence-electron chi connectivity index (χ0n) is 12.9. The molecule has 118 valence electrons. The van der Waals surface area contributed by atoms with Crippen molar-refractivity contribution in [1.82, 2.24) is 10.3 Å². The Morgan fingerprint density at radius 3 is 2.35 bits per heavy atom. The fourth-order valence-electron chi connectivity index (χ4n) is 1.91. The van der Waals surface area contributed by atoms with Crippen LogP contribution in [0.3, 0.4) is 0 Å². The lowest BCUT2D eigenvalue weighted by Crippen LogP contribution is -2.33. The van der Waals surface area contributed by atoms with Crippen molar-refractivity contribution in [1.29, 1.82) is 0 Å². The molecule has 2 rings (SSSR count). The van der Waals surface area contributed by atoms with E-state index in [1.165, 1.54) is 0 Å². The molecule has 0 heterocycles. The van der Waals surface area contributed by atoms with Gasteiger partial charge in [0.25, 0.3) is 0 Å². The summed E-state index contributed by atoms with van der Waals surface area (Å²) in [5.74, 6) is 0. The Labute approximate surface area is 147 Å². The van der Waals surface area contributed by atoms with Crippen molar-refractivity contribution < 1.29 is 0 Å². The summed E-state index contributed by atoms with van der Waals surface area (Å²) in [5.41, 5.74) is 3.16. The van der Waals surface area contributed by atoms with Crippen LogP contribution in [-0.2, 0) is 6.54 Å². The summed E-state index contributed by atoms with van der Waals surface area (Å²) in [5, 5.41) is 10.4. The molecular weight excluding hydrogens is 326 g/mol. The highest BCUT2D eigenvalue weighted by Gasteiger charge is 2.07. The van der Waals surface area contributed by atoms with Crippen LogP contribution in [0.4, 0.5) is 0 Å². The molecule has 0 aliphatic carbocycles. The molecular formula is C18H18ClN3S. The van der Waals surface area contributed by atoms with Crippen molar-refractivity contribution in [3.8, 4) is 0 Å². The standard InChI is InChI=1S/C18H18ClN3S/c1-3-14-4-6-16(7-5-14)13-22(18(23)20-2)21-12-15-8-10-17(19)11-9-15/h3-12H,1,13H2,2H3,(H,20,23). The van der Waals surface area contributed by atoms with Gasteiger partial charge in [-0.3, -0.25) is 0 Å². The van der Waals surface area contributed by atoms with Gasteiger partial charge in [-0.15, -0.1) is 0 Å². The van der Waals surface area contributed by atoms with Crippen LogP contribution < -0.4 is 5.32 Å². The monoisotopic (exact) mass is 343 g/mol. The number of hydrazone groups is 1. The quantitative estimate of drug-likeness (QED) is 0.497. The molecule has 0 unspecified atom stereocenters. The second-order valence-corrected chi connectivity index (χ2v) is 5.68. The molecule has 0 aliphatic heterocycles. The zero-order valence-corrected chi connectivity index (χ0v) is 14.4.